The summed E-state index contributed by atoms with van der Waals surface area (Å²) in [7, 11) is -3.37. The first kappa shape index (κ1) is 17.2. The molecule has 0 fully saturated rings. The summed E-state index contributed by atoms with van der Waals surface area (Å²) in [6.07, 6.45) is 0. The third-order valence-electron chi connectivity index (χ3n) is 3.22. The van der Waals surface area contributed by atoms with Gasteiger partial charge in [-0.1, -0.05) is 6.92 Å². The molecule has 1 atom stereocenters. The second kappa shape index (κ2) is 7.78. The molecule has 0 radical (unpaired) electrons. The van der Waals surface area contributed by atoms with Crippen LogP contribution in [-0.4, -0.2) is 38.7 Å². The fourth-order valence-corrected chi connectivity index (χ4v) is 3.20. The van der Waals surface area contributed by atoms with E-state index < -0.39 is 9.84 Å². The Balaban J connectivity index is 2.71. The van der Waals surface area contributed by atoms with Crippen LogP contribution in [0.15, 0.2) is 29.2 Å². The van der Waals surface area contributed by atoms with Gasteiger partial charge in [0, 0.05) is 13.1 Å². The molecule has 0 amide bonds. The molecule has 1 unspecified atom stereocenters. The smallest absolute Gasteiger partial charge is 0.179 e. The zero-order chi connectivity index (χ0) is 15.9. The lowest BCUT2D eigenvalue weighted by Gasteiger charge is -2.21. The summed E-state index contributed by atoms with van der Waals surface area (Å²) in [5.41, 5.74) is 0.437. The van der Waals surface area contributed by atoms with Gasteiger partial charge in [0.1, 0.15) is 0 Å². The average molecular weight is 305 g/mol. The van der Waals surface area contributed by atoms with Gasteiger partial charge in [-0.3, -0.25) is 0 Å². The van der Waals surface area contributed by atoms with Gasteiger partial charge in [-0.15, -0.1) is 0 Å². The molecule has 5 nitrogen and oxygen atoms in total. The molecule has 1 aromatic rings. The van der Waals surface area contributed by atoms with E-state index in [2.05, 4.69) is 6.07 Å². The lowest BCUT2D eigenvalue weighted by atomic mass is 10.2. The minimum atomic E-state index is -3.37. The Morgan fingerprint density at radius 2 is 1.86 bits per heavy atom. The lowest BCUT2D eigenvalue weighted by Crippen LogP contribution is -2.32. The molecule has 21 heavy (non-hydrogen) atoms. The van der Waals surface area contributed by atoms with Crippen molar-refractivity contribution in [3.8, 4) is 12.1 Å². The summed E-state index contributed by atoms with van der Waals surface area (Å²) in [6, 6.07) is 10.0. The summed E-state index contributed by atoms with van der Waals surface area (Å²) in [5, 5.41) is 17.5. The molecule has 6 heteroatoms. The van der Waals surface area contributed by atoms with Crippen LogP contribution in [0.2, 0.25) is 0 Å². The maximum atomic E-state index is 12.2. The minimum Gasteiger partial charge on any atom is -0.301 e. The first-order valence-corrected chi connectivity index (χ1v) is 8.43. The molecule has 0 aliphatic heterocycles. The van der Waals surface area contributed by atoms with Crippen LogP contribution in [0.5, 0.6) is 0 Å². The monoisotopic (exact) mass is 305 g/mol. The molecule has 0 aromatic heterocycles. The van der Waals surface area contributed by atoms with Gasteiger partial charge in [-0.05, 0) is 37.7 Å². The van der Waals surface area contributed by atoms with Gasteiger partial charge < -0.3 is 4.90 Å². The first-order valence-electron chi connectivity index (χ1n) is 6.77. The highest BCUT2D eigenvalue weighted by atomic mass is 32.2. The second-order valence-corrected chi connectivity index (χ2v) is 6.99. The lowest BCUT2D eigenvalue weighted by molar-refractivity contribution is 0.283. The van der Waals surface area contributed by atoms with Gasteiger partial charge in [0.15, 0.2) is 9.84 Å². The fourth-order valence-electron chi connectivity index (χ4n) is 1.91. The summed E-state index contributed by atoms with van der Waals surface area (Å²) in [5.74, 6) is -0.118. The molecule has 1 rings (SSSR count). The fraction of sp³-hybridized carbons (Fsp3) is 0.467. The summed E-state index contributed by atoms with van der Waals surface area (Å²) in [4.78, 5) is 2.18. The topological polar surface area (TPSA) is 85.0 Å². The van der Waals surface area contributed by atoms with Crippen LogP contribution < -0.4 is 0 Å². The summed E-state index contributed by atoms with van der Waals surface area (Å²) < 4.78 is 24.5. The van der Waals surface area contributed by atoms with Crippen molar-refractivity contribution in [2.45, 2.75) is 18.7 Å². The Labute approximate surface area is 126 Å². The minimum absolute atomic E-state index is 0.00485. The number of hydrogen-bond donors (Lipinski definition) is 0. The normalized spacial score (nSPS) is 12.6. The van der Waals surface area contributed by atoms with Gasteiger partial charge in [-0.25, -0.2) is 8.42 Å². The van der Waals surface area contributed by atoms with Gasteiger partial charge in [0.25, 0.3) is 0 Å². The van der Waals surface area contributed by atoms with Crippen molar-refractivity contribution in [2.75, 3.05) is 25.4 Å². The third-order valence-corrected chi connectivity index (χ3v) is 4.93. The van der Waals surface area contributed by atoms with Crippen LogP contribution in [-0.2, 0) is 9.84 Å². The maximum Gasteiger partial charge on any atom is 0.179 e. The third kappa shape index (κ3) is 5.18. The highest BCUT2D eigenvalue weighted by molar-refractivity contribution is 7.91. The largest absolute Gasteiger partial charge is 0.301 e. The van der Waals surface area contributed by atoms with Crippen LogP contribution in [0.3, 0.4) is 0 Å². The van der Waals surface area contributed by atoms with Gasteiger partial charge >= 0.3 is 0 Å². The Bertz CT molecular complexity index is 639. The van der Waals surface area contributed by atoms with Crippen molar-refractivity contribution in [3.05, 3.63) is 29.8 Å². The van der Waals surface area contributed by atoms with Gasteiger partial charge in [0.2, 0.25) is 0 Å². The van der Waals surface area contributed by atoms with Gasteiger partial charge in [-0.2, -0.15) is 10.5 Å². The van der Waals surface area contributed by atoms with Crippen LogP contribution in [0.1, 0.15) is 19.4 Å². The van der Waals surface area contributed by atoms with Gasteiger partial charge in [0.05, 0.1) is 34.3 Å². The molecule has 0 saturated heterocycles. The van der Waals surface area contributed by atoms with E-state index in [1.807, 2.05) is 24.8 Å². The number of benzene rings is 1. The number of nitrogens with zero attached hydrogens (tertiary/aromatic N) is 3. The average Bonchev–Trinajstić information content (AvgIpc) is 2.51. The van der Waals surface area contributed by atoms with E-state index in [1.54, 1.807) is 0 Å². The van der Waals surface area contributed by atoms with Crippen LogP contribution in [0.25, 0.3) is 0 Å². The van der Waals surface area contributed by atoms with Crippen molar-refractivity contribution < 1.29 is 8.42 Å². The van der Waals surface area contributed by atoms with E-state index in [0.717, 1.165) is 0 Å². The molecule has 0 saturated carbocycles. The Morgan fingerprint density at radius 1 is 1.24 bits per heavy atom. The molecule has 0 spiro atoms. The van der Waals surface area contributed by atoms with Crippen molar-refractivity contribution in [1.82, 2.24) is 4.90 Å². The van der Waals surface area contributed by atoms with Crippen molar-refractivity contribution in [1.29, 1.82) is 10.5 Å². The van der Waals surface area contributed by atoms with E-state index in [1.165, 1.54) is 24.3 Å². The van der Waals surface area contributed by atoms with Crippen LogP contribution in [0.4, 0.5) is 0 Å². The first-order chi connectivity index (χ1) is 9.92. The van der Waals surface area contributed by atoms with Crippen molar-refractivity contribution in [3.63, 3.8) is 0 Å². The van der Waals surface area contributed by atoms with Crippen molar-refractivity contribution >= 4 is 9.84 Å². The Morgan fingerprint density at radius 3 is 2.33 bits per heavy atom. The molecule has 0 aliphatic carbocycles. The summed E-state index contributed by atoms with van der Waals surface area (Å²) >= 11 is 0. The zero-order valence-corrected chi connectivity index (χ0v) is 13.1. The maximum absolute atomic E-state index is 12.2. The molecule has 0 aliphatic rings. The molecule has 0 bridgehead atoms. The highest BCUT2D eigenvalue weighted by Crippen LogP contribution is 2.12. The zero-order valence-electron chi connectivity index (χ0n) is 12.3. The van der Waals surface area contributed by atoms with Crippen LogP contribution >= 0.6 is 0 Å². The van der Waals surface area contributed by atoms with E-state index in [0.29, 0.717) is 25.2 Å². The van der Waals surface area contributed by atoms with E-state index in [4.69, 9.17) is 10.5 Å². The number of hydrogen-bond acceptors (Lipinski definition) is 5. The Kier molecular flexibility index (Phi) is 6.36. The molecule has 0 heterocycles. The predicted molar refractivity (Wildman–Crippen MR) is 80.1 cm³/mol. The number of nitriles is 2. The number of rotatable bonds is 7. The SMILES string of the molecule is CCN(CCS(=O)(=O)c1ccc(C#N)cc1)CC(C)C#N. The second-order valence-electron chi connectivity index (χ2n) is 4.88. The summed E-state index contributed by atoms with van der Waals surface area (Å²) in [6.45, 7) is 5.42. The standard InChI is InChI=1S/C15H19N3O2S/c1-3-18(12-13(2)10-16)8-9-21(19,20)15-6-4-14(11-17)5-7-15/h4-7,13H,3,8-9,12H2,1-2H3. The predicted octanol–water partition coefficient (Wildman–Crippen LogP) is 1.81. The van der Waals surface area contributed by atoms with Crippen LogP contribution in [0, 0.1) is 28.6 Å². The highest BCUT2D eigenvalue weighted by Gasteiger charge is 2.17. The quantitative estimate of drug-likeness (QED) is 0.767. The number of sulfone groups is 1. The molecule has 1 aromatic carbocycles. The van der Waals surface area contributed by atoms with E-state index in [-0.39, 0.29) is 16.6 Å². The molecular formula is C15H19N3O2S. The molecule has 0 N–H and O–H groups in total. The van der Waals surface area contributed by atoms with Crippen molar-refractivity contribution in [2.24, 2.45) is 5.92 Å². The van der Waals surface area contributed by atoms with E-state index >= 15 is 0 Å². The molecular weight excluding hydrogens is 286 g/mol. The Hall–Kier alpha value is -1.89. The van der Waals surface area contributed by atoms with E-state index in [9.17, 15) is 8.42 Å². The molecule has 112 valence electrons.